The molecule has 1 heterocycles. The summed E-state index contributed by atoms with van der Waals surface area (Å²) in [6.07, 6.45) is 1.68. The highest BCUT2D eigenvalue weighted by molar-refractivity contribution is 5.74. The molecular weight excluding hydrogens is 170 g/mol. The van der Waals surface area contributed by atoms with Crippen LogP contribution in [0.1, 0.15) is 19.8 Å². The van der Waals surface area contributed by atoms with E-state index in [0.717, 1.165) is 19.4 Å². The van der Waals surface area contributed by atoms with Crippen molar-refractivity contribution in [1.82, 2.24) is 4.90 Å². The maximum atomic E-state index is 10.7. The van der Waals surface area contributed by atoms with Crippen molar-refractivity contribution in [3.8, 4) is 0 Å². The van der Waals surface area contributed by atoms with E-state index in [9.17, 15) is 4.79 Å². The van der Waals surface area contributed by atoms with Gasteiger partial charge in [0, 0.05) is 13.5 Å². The third kappa shape index (κ3) is 2.93. The molecule has 1 aliphatic heterocycles. The zero-order valence-electron chi connectivity index (χ0n) is 7.75. The molecule has 0 unspecified atom stereocenters. The summed E-state index contributed by atoms with van der Waals surface area (Å²) < 4.78 is 5.04. The number of nitrogens with zero attached hydrogens (tertiary/aromatic N) is 1. The fraction of sp³-hybridized carbons (Fsp3) is 0.750. The minimum absolute atomic E-state index is 0.0526. The fourth-order valence-electron chi connectivity index (χ4n) is 1.49. The summed E-state index contributed by atoms with van der Waals surface area (Å²) in [6.45, 7) is 2.73. The van der Waals surface area contributed by atoms with Crippen molar-refractivity contribution >= 4 is 11.9 Å². The van der Waals surface area contributed by atoms with Crippen molar-refractivity contribution < 1.29 is 9.53 Å². The number of piperidine rings is 1. The van der Waals surface area contributed by atoms with Crippen LogP contribution in [-0.4, -0.2) is 36.0 Å². The molecule has 1 aliphatic rings. The van der Waals surface area contributed by atoms with Gasteiger partial charge in [-0.25, -0.2) is 0 Å². The zero-order valence-corrected chi connectivity index (χ0v) is 7.75. The van der Waals surface area contributed by atoms with Gasteiger partial charge in [0.05, 0.1) is 6.54 Å². The first-order valence-corrected chi connectivity index (χ1v) is 4.36. The maximum absolute atomic E-state index is 10.7. The predicted octanol–water partition coefficient (Wildman–Crippen LogP) is -0.0926. The number of carbonyl (C=O) groups excluding carboxylic acids is 1. The van der Waals surface area contributed by atoms with Crippen molar-refractivity contribution in [2.75, 3.05) is 13.1 Å². The van der Waals surface area contributed by atoms with Crippen LogP contribution in [0.5, 0.6) is 0 Å². The molecule has 0 aromatic rings. The second kappa shape index (κ2) is 4.11. The summed E-state index contributed by atoms with van der Waals surface area (Å²) in [5.74, 6) is -0.216. The van der Waals surface area contributed by atoms with Crippen LogP contribution >= 0.6 is 0 Å². The van der Waals surface area contributed by atoms with Gasteiger partial charge in [-0.2, -0.15) is 0 Å². The lowest BCUT2D eigenvalue weighted by Crippen LogP contribution is -2.46. The highest BCUT2D eigenvalue weighted by Gasteiger charge is 2.22. The first-order valence-electron chi connectivity index (χ1n) is 4.36. The Hall–Kier alpha value is -1.26. The second-order valence-corrected chi connectivity index (χ2v) is 3.20. The Kier molecular flexibility index (Phi) is 3.11. The molecule has 0 bridgehead atoms. The number of likely N-dealkylation sites (tertiary alicyclic amines) is 1. The quantitative estimate of drug-likeness (QED) is 0.340. The average molecular weight is 185 g/mol. The molecule has 0 aromatic carbocycles. The van der Waals surface area contributed by atoms with Gasteiger partial charge in [0.15, 0.2) is 5.96 Å². The van der Waals surface area contributed by atoms with E-state index in [2.05, 4.69) is 0 Å². The molecule has 5 heteroatoms. The normalized spacial score (nSPS) is 22.5. The number of hydrogen-bond acceptors (Lipinski definition) is 3. The van der Waals surface area contributed by atoms with Crippen LogP contribution in [0.25, 0.3) is 0 Å². The summed E-state index contributed by atoms with van der Waals surface area (Å²) in [5.41, 5.74) is 5.33. The van der Waals surface area contributed by atoms with Gasteiger partial charge < -0.3 is 15.4 Å². The molecule has 5 nitrogen and oxygen atoms in total. The van der Waals surface area contributed by atoms with Crippen LogP contribution in [-0.2, 0) is 9.53 Å². The van der Waals surface area contributed by atoms with E-state index in [4.69, 9.17) is 15.9 Å². The van der Waals surface area contributed by atoms with Gasteiger partial charge in [0.25, 0.3) is 0 Å². The van der Waals surface area contributed by atoms with Crippen LogP contribution in [0.4, 0.5) is 0 Å². The molecule has 3 N–H and O–H groups in total. The van der Waals surface area contributed by atoms with E-state index in [1.807, 2.05) is 0 Å². The van der Waals surface area contributed by atoms with Crippen molar-refractivity contribution in [3.63, 3.8) is 0 Å². The van der Waals surface area contributed by atoms with E-state index in [1.54, 1.807) is 4.90 Å². The summed E-state index contributed by atoms with van der Waals surface area (Å²) in [7, 11) is 0. The van der Waals surface area contributed by atoms with E-state index in [-0.39, 0.29) is 18.0 Å². The van der Waals surface area contributed by atoms with E-state index in [1.165, 1.54) is 6.92 Å². The van der Waals surface area contributed by atoms with Crippen LogP contribution in [0.3, 0.4) is 0 Å². The Morgan fingerprint density at radius 3 is 2.92 bits per heavy atom. The standard InChI is InChI=1S/C8H15N3O2/c1-6(12)13-7-3-2-4-11(5-7)8(9)10/h7H,2-5H2,1H3,(H3,9,10)/t7-/m0/s1. The minimum Gasteiger partial charge on any atom is -0.461 e. The van der Waals surface area contributed by atoms with E-state index >= 15 is 0 Å². The Labute approximate surface area is 77.3 Å². The molecule has 0 spiro atoms. The van der Waals surface area contributed by atoms with Gasteiger partial charge in [-0.3, -0.25) is 10.2 Å². The molecule has 0 aliphatic carbocycles. The van der Waals surface area contributed by atoms with Crippen LogP contribution in [0.2, 0.25) is 0 Å². The molecule has 13 heavy (non-hydrogen) atoms. The second-order valence-electron chi connectivity index (χ2n) is 3.20. The van der Waals surface area contributed by atoms with Gasteiger partial charge in [-0.15, -0.1) is 0 Å². The number of guanidine groups is 1. The highest BCUT2D eigenvalue weighted by Crippen LogP contribution is 2.12. The SMILES string of the molecule is CC(=O)O[C@H]1CCCN(C(=N)N)C1. The molecule has 74 valence electrons. The lowest BCUT2D eigenvalue weighted by Gasteiger charge is -2.32. The zero-order chi connectivity index (χ0) is 9.84. The van der Waals surface area contributed by atoms with Crippen LogP contribution < -0.4 is 5.73 Å². The van der Waals surface area contributed by atoms with Crippen LogP contribution in [0, 0.1) is 5.41 Å². The average Bonchev–Trinajstić information content (AvgIpc) is 2.03. The first kappa shape index (κ1) is 9.83. The van der Waals surface area contributed by atoms with Gasteiger partial charge in [0.2, 0.25) is 0 Å². The van der Waals surface area contributed by atoms with E-state index in [0.29, 0.717) is 6.54 Å². The Bertz CT molecular complexity index is 217. The number of carbonyl (C=O) groups is 1. The third-order valence-corrected chi connectivity index (χ3v) is 2.05. The van der Waals surface area contributed by atoms with Gasteiger partial charge in [0.1, 0.15) is 6.10 Å². The van der Waals surface area contributed by atoms with Gasteiger partial charge in [-0.1, -0.05) is 0 Å². The molecule has 0 saturated carbocycles. The number of esters is 1. The van der Waals surface area contributed by atoms with Crippen molar-refractivity contribution in [2.45, 2.75) is 25.9 Å². The van der Waals surface area contributed by atoms with Crippen LogP contribution in [0.15, 0.2) is 0 Å². The summed E-state index contributed by atoms with van der Waals surface area (Å²) in [5, 5.41) is 7.22. The lowest BCUT2D eigenvalue weighted by atomic mass is 10.1. The van der Waals surface area contributed by atoms with Crippen molar-refractivity contribution in [1.29, 1.82) is 5.41 Å². The Morgan fingerprint density at radius 2 is 2.38 bits per heavy atom. The molecule has 0 aromatic heterocycles. The summed E-state index contributed by atoms with van der Waals surface area (Å²) >= 11 is 0. The third-order valence-electron chi connectivity index (χ3n) is 2.05. The monoisotopic (exact) mass is 185 g/mol. The first-order chi connectivity index (χ1) is 6.09. The molecule has 1 saturated heterocycles. The number of hydrogen-bond donors (Lipinski definition) is 2. The smallest absolute Gasteiger partial charge is 0.302 e. The number of rotatable bonds is 1. The fourth-order valence-corrected chi connectivity index (χ4v) is 1.49. The summed E-state index contributed by atoms with van der Waals surface area (Å²) in [4.78, 5) is 12.4. The minimum atomic E-state index is -0.268. The highest BCUT2D eigenvalue weighted by atomic mass is 16.5. The number of nitrogens with two attached hydrogens (primary N) is 1. The lowest BCUT2D eigenvalue weighted by molar-refractivity contribution is -0.148. The number of ether oxygens (including phenoxy) is 1. The molecule has 0 radical (unpaired) electrons. The number of nitrogens with one attached hydrogen (secondary N) is 1. The molecule has 1 atom stereocenters. The topological polar surface area (TPSA) is 79.4 Å². The maximum Gasteiger partial charge on any atom is 0.302 e. The predicted molar refractivity (Wildman–Crippen MR) is 48.3 cm³/mol. The Balaban J connectivity index is 2.41. The van der Waals surface area contributed by atoms with Gasteiger partial charge >= 0.3 is 5.97 Å². The summed E-state index contributed by atoms with van der Waals surface area (Å²) in [6, 6.07) is 0. The van der Waals surface area contributed by atoms with Crippen molar-refractivity contribution in [3.05, 3.63) is 0 Å². The molecule has 1 rings (SSSR count). The molecular formula is C8H15N3O2. The van der Waals surface area contributed by atoms with Gasteiger partial charge in [-0.05, 0) is 12.8 Å². The largest absolute Gasteiger partial charge is 0.461 e. The Morgan fingerprint density at radius 1 is 1.69 bits per heavy atom. The van der Waals surface area contributed by atoms with Crippen molar-refractivity contribution in [2.24, 2.45) is 5.73 Å². The van der Waals surface area contributed by atoms with E-state index < -0.39 is 0 Å². The molecule has 1 fully saturated rings. The molecule has 0 amide bonds.